The number of piperidine rings is 1. The summed E-state index contributed by atoms with van der Waals surface area (Å²) in [6, 6.07) is 24.8. The molecule has 4 N–H and O–H groups in total. The Kier molecular flexibility index (Phi) is 7.55. The normalized spacial score (nSPS) is 14.8. The lowest BCUT2D eigenvalue weighted by molar-refractivity contribution is 0.180. The maximum absolute atomic E-state index is 6.27. The van der Waals surface area contributed by atoms with Gasteiger partial charge in [0.2, 0.25) is 0 Å². The van der Waals surface area contributed by atoms with Gasteiger partial charge in [0, 0.05) is 48.4 Å². The van der Waals surface area contributed by atoms with E-state index in [1.54, 1.807) is 0 Å². The third-order valence-electron chi connectivity index (χ3n) is 7.49. The van der Waals surface area contributed by atoms with E-state index in [1.165, 1.54) is 11.9 Å². The molecule has 1 aliphatic rings. The van der Waals surface area contributed by atoms with Crippen molar-refractivity contribution >= 4 is 34.8 Å². The Morgan fingerprint density at radius 3 is 2.30 bits per heavy atom. The Morgan fingerprint density at radius 2 is 1.60 bits per heavy atom. The SMILES string of the molecule is N/C=N\c1c(CN)ncn1C1CCN(Cc2ccc(-c3nc4cc(Cl)ccc4nc3-c3ccccc3)cc2)CC1. The summed E-state index contributed by atoms with van der Waals surface area (Å²) in [5.41, 5.74) is 18.8. The van der Waals surface area contributed by atoms with Crippen LogP contribution in [0.2, 0.25) is 5.02 Å². The van der Waals surface area contributed by atoms with Gasteiger partial charge in [0.1, 0.15) is 0 Å². The molecule has 0 radical (unpaired) electrons. The molecule has 8 nitrogen and oxygen atoms in total. The van der Waals surface area contributed by atoms with Crippen LogP contribution in [0.15, 0.2) is 84.1 Å². The van der Waals surface area contributed by atoms with Gasteiger partial charge in [-0.1, -0.05) is 66.2 Å². The third kappa shape index (κ3) is 5.34. The molecule has 202 valence electrons. The predicted octanol–water partition coefficient (Wildman–Crippen LogP) is 5.73. The van der Waals surface area contributed by atoms with Crippen molar-refractivity contribution in [2.45, 2.75) is 32.0 Å². The first-order valence-electron chi connectivity index (χ1n) is 13.5. The Labute approximate surface area is 238 Å². The summed E-state index contributed by atoms with van der Waals surface area (Å²) in [6.45, 7) is 3.22. The van der Waals surface area contributed by atoms with Gasteiger partial charge in [0.15, 0.2) is 5.82 Å². The number of hydrogen-bond donors (Lipinski definition) is 2. The van der Waals surface area contributed by atoms with E-state index in [0.717, 1.165) is 77.5 Å². The lowest BCUT2D eigenvalue weighted by Gasteiger charge is -2.33. The van der Waals surface area contributed by atoms with Crippen LogP contribution >= 0.6 is 11.6 Å². The van der Waals surface area contributed by atoms with E-state index in [9.17, 15) is 0 Å². The van der Waals surface area contributed by atoms with Gasteiger partial charge >= 0.3 is 0 Å². The number of hydrogen-bond acceptors (Lipinski definition) is 6. The zero-order valence-electron chi connectivity index (χ0n) is 22.1. The molecule has 6 rings (SSSR count). The average Bonchev–Trinajstić information content (AvgIpc) is 3.40. The van der Waals surface area contributed by atoms with Gasteiger partial charge in [-0.25, -0.2) is 19.9 Å². The van der Waals surface area contributed by atoms with Crippen molar-refractivity contribution in [1.82, 2.24) is 24.4 Å². The molecule has 0 bridgehead atoms. The van der Waals surface area contributed by atoms with Crippen LogP contribution in [0.4, 0.5) is 5.82 Å². The monoisotopic (exact) mass is 550 g/mol. The van der Waals surface area contributed by atoms with E-state index in [0.29, 0.717) is 17.6 Å². The highest BCUT2D eigenvalue weighted by Gasteiger charge is 2.23. The zero-order chi connectivity index (χ0) is 27.5. The van der Waals surface area contributed by atoms with Gasteiger partial charge in [-0.05, 0) is 36.6 Å². The van der Waals surface area contributed by atoms with Crippen molar-refractivity contribution in [3.63, 3.8) is 0 Å². The highest BCUT2D eigenvalue weighted by Crippen LogP contribution is 2.33. The molecule has 1 saturated heterocycles. The van der Waals surface area contributed by atoms with Gasteiger partial charge in [-0.15, -0.1) is 0 Å². The van der Waals surface area contributed by atoms with Crippen LogP contribution in [0, 0.1) is 0 Å². The Morgan fingerprint density at radius 1 is 0.900 bits per heavy atom. The number of aromatic nitrogens is 4. The number of halogens is 1. The summed E-state index contributed by atoms with van der Waals surface area (Å²) >= 11 is 6.27. The number of rotatable bonds is 7. The van der Waals surface area contributed by atoms with E-state index in [2.05, 4.69) is 55.8 Å². The van der Waals surface area contributed by atoms with Gasteiger partial charge in [-0.2, -0.15) is 0 Å². The molecule has 0 aliphatic carbocycles. The van der Waals surface area contributed by atoms with Gasteiger partial charge in [-0.3, -0.25) is 4.90 Å². The van der Waals surface area contributed by atoms with Gasteiger partial charge < -0.3 is 16.0 Å². The molecular weight excluding hydrogens is 520 g/mol. The average molecular weight is 551 g/mol. The standard InChI is InChI=1S/C31H31ClN8/c32-24-10-11-26-27(16-24)38-30(29(37-26)22-4-2-1-3-5-22)23-8-6-21(7-9-23)18-39-14-12-25(13-15-39)40-20-36-28(17-33)31(40)35-19-34/h1-11,16,19-20,25H,12-15,17-18,33H2,(H2,34,35). The number of aliphatic imine (C=N–C) groups is 1. The minimum atomic E-state index is 0.335. The molecule has 0 saturated carbocycles. The molecule has 9 heteroatoms. The molecule has 1 fully saturated rings. The van der Waals surface area contributed by atoms with Crippen molar-refractivity contribution in [2.24, 2.45) is 16.5 Å². The highest BCUT2D eigenvalue weighted by atomic mass is 35.5. The summed E-state index contributed by atoms with van der Waals surface area (Å²) < 4.78 is 2.12. The second-order valence-electron chi connectivity index (χ2n) is 10.0. The van der Waals surface area contributed by atoms with Crippen LogP contribution in [0.5, 0.6) is 0 Å². The maximum atomic E-state index is 6.27. The van der Waals surface area contributed by atoms with Gasteiger partial charge in [0.05, 0.1) is 40.8 Å². The summed E-state index contributed by atoms with van der Waals surface area (Å²) in [7, 11) is 0. The minimum Gasteiger partial charge on any atom is -0.390 e. The molecule has 5 aromatic rings. The van der Waals surface area contributed by atoms with Crippen LogP contribution in [0.3, 0.4) is 0 Å². The lowest BCUT2D eigenvalue weighted by Crippen LogP contribution is -2.34. The first kappa shape index (κ1) is 26.1. The van der Waals surface area contributed by atoms with Crippen molar-refractivity contribution in [3.8, 4) is 22.5 Å². The first-order valence-corrected chi connectivity index (χ1v) is 13.8. The number of benzene rings is 3. The number of nitrogens with zero attached hydrogens (tertiary/aromatic N) is 6. The molecule has 0 spiro atoms. The summed E-state index contributed by atoms with van der Waals surface area (Å²) in [5, 5.41) is 0.649. The van der Waals surface area contributed by atoms with Crippen molar-refractivity contribution in [1.29, 1.82) is 0 Å². The quantitative estimate of drug-likeness (QED) is 0.198. The number of imidazole rings is 1. The topological polar surface area (TPSA) is 111 Å². The Bertz CT molecular complexity index is 1640. The molecule has 0 unspecified atom stereocenters. The Balaban J connectivity index is 1.19. The lowest BCUT2D eigenvalue weighted by atomic mass is 10.0. The van der Waals surface area contributed by atoms with Gasteiger partial charge in [0.25, 0.3) is 0 Å². The second-order valence-corrected chi connectivity index (χ2v) is 10.5. The van der Waals surface area contributed by atoms with E-state index in [4.69, 9.17) is 33.0 Å². The molecule has 40 heavy (non-hydrogen) atoms. The fourth-order valence-corrected chi connectivity index (χ4v) is 5.59. The third-order valence-corrected chi connectivity index (χ3v) is 7.72. The van der Waals surface area contributed by atoms with E-state index < -0.39 is 0 Å². The highest BCUT2D eigenvalue weighted by molar-refractivity contribution is 6.31. The first-order chi connectivity index (χ1) is 19.6. The summed E-state index contributed by atoms with van der Waals surface area (Å²) in [4.78, 5) is 21.2. The van der Waals surface area contributed by atoms with Crippen LogP contribution in [-0.2, 0) is 13.1 Å². The summed E-state index contributed by atoms with van der Waals surface area (Å²) in [5.74, 6) is 0.771. The molecular formula is C31H31ClN8. The molecule has 0 amide bonds. The number of fused-ring (bicyclic) bond motifs is 1. The van der Waals surface area contributed by atoms with Crippen molar-refractivity contribution in [2.75, 3.05) is 13.1 Å². The Hall–Kier alpha value is -4.11. The van der Waals surface area contributed by atoms with Crippen molar-refractivity contribution in [3.05, 3.63) is 95.4 Å². The van der Waals surface area contributed by atoms with E-state index >= 15 is 0 Å². The molecule has 2 aromatic heterocycles. The zero-order valence-corrected chi connectivity index (χ0v) is 22.9. The largest absolute Gasteiger partial charge is 0.390 e. The second kappa shape index (κ2) is 11.6. The van der Waals surface area contributed by atoms with Crippen molar-refractivity contribution < 1.29 is 0 Å². The fourth-order valence-electron chi connectivity index (χ4n) is 5.42. The number of nitrogens with two attached hydrogens (primary N) is 2. The maximum Gasteiger partial charge on any atom is 0.158 e. The minimum absolute atomic E-state index is 0.335. The smallest absolute Gasteiger partial charge is 0.158 e. The van der Waals surface area contributed by atoms with Crippen LogP contribution < -0.4 is 11.5 Å². The molecule has 1 aliphatic heterocycles. The predicted molar refractivity (Wildman–Crippen MR) is 161 cm³/mol. The molecule has 3 aromatic carbocycles. The molecule has 3 heterocycles. The van der Waals surface area contributed by atoms with Crippen LogP contribution in [0.1, 0.15) is 30.1 Å². The van der Waals surface area contributed by atoms with Crippen LogP contribution in [-0.4, -0.2) is 43.8 Å². The number of likely N-dealkylation sites (tertiary alicyclic amines) is 1. The van der Waals surface area contributed by atoms with E-state index in [1.807, 2.05) is 42.7 Å². The molecule has 0 atom stereocenters. The summed E-state index contributed by atoms with van der Waals surface area (Å²) in [6.07, 6.45) is 5.19. The van der Waals surface area contributed by atoms with Crippen LogP contribution in [0.25, 0.3) is 33.5 Å². The fraction of sp³-hybridized carbons (Fsp3) is 0.226. The van der Waals surface area contributed by atoms with E-state index in [-0.39, 0.29) is 0 Å².